The minimum Gasteiger partial charge on any atom is -0.0997 e. The Morgan fingerprint density at radius 1 is 1.43 bits per heavy atom. The summed E-state index contributed by atoms with van der Waals surface area (Å²) < 4.78 is 0. The van der Waals surface area contributed by atoms with Crippen molar-refractivity contribution in [2.24, 2.45) is 0 Å². The quantitative estimate of drug-likeness (QED) is 0.313. The van der Waals surface area contributed by atoms with Gasteiger partial charge >= 0.3 is 0 Å². The molecule has 0 heterocycles. The molecule has 0 fully saturated rings. The second-order valence-electron chi connectivity index (χ2n) is 0.595. The van der Waals surface area contributed by atoms with Crippen molar-refractivity contribution in [2.45, 2.75) is 0 Å². The van der Waals surface area contributed by atoms with Gasteiger partial charge < -0.3 is 0 Å². The van der Waals surface area contributed by atoms with Gasteiger partial charge in [-0.2, -0.15) is 0 Å². The van der Waals surface area contributed by atoms with Crippen LogP contribution in [0.2, 0.25) is 0 Å². The molecular weight excluding hydrogens is 184 g/mol. The molecule has 0 aromatic rings. The van der Waals surface area contributed by atoms with Crippen LogP contribution in [-0.2, 0) is 0 Å². The lowest BCUT2D eigenvalue weighted by Crippen LogP contribution is -1.52. The lowest BCUT2D eigenvalue weighted by Gasteiger charge is -1.89. The second kappa shape index (κ2) is 7.75. The van der Waals surface area contributed by atoms with Gasteiger partial charge in [-0.05, 0) is 16.1 Å². The van der Waals surface area contributed by atoms with Gasteiger partial charge in [-0.25, -0.2) is 0 Å². The summed E-state index contributed by atoms with van der Waals surface area (Å²) in [4.78, 5) is 0. The topological polar surface area (TPSA) is 0 Å². The fourth-order valence-corrected chi connectivity index (χ4v) is 4.63. The maximum Gasteiger partial charge on any atom is 0.0608 e. The molecule has 44 valence electrons. The molecule has 5 heteroatoms. The SMILES string of the molecule is CSSCSSS. The maximum atomic E-state index is 3.95. The molecule has 7 heavy (non-hydrogen) atoms. The molecule has 0 nitrogen and oxygen atoms in total. The largest absolute Gasteiger partial charge is 0.0997 e. The first-order valence-electron chi connectivity index (χ1n) is 1.50. The molecule has 0 rings (SSSR count). The second-order valence-corrected chi connectivity index (χ2v) is 6.69. The summed E-state index contributed by atoms with van der Waals surface area (Å²) >= 11 is 3.95. The van der Waals surface area contributed by atoms with E-state index in [0.717, 1.165) is 5.08 Å². The van der Waals surface area contributed by atoms with Crippen molar-refractivity contribution in [3.8, 4) is 0 Å². The molecule has 0 aromatic carbocycles. The molecule has 0 aliphatic carbocycles. The van der Waals surface area contributed by atoms with Gasteiger partial charge in [-0.15, -0.1) is 0 Å². The van der Waals surface area contributed by atoms with Crippen LogP contribution >= 0.6 is 53.9 Å². The molecule has 0 aromatic heterocycles. The summed E-state index contributed by atoms with van der Waals surface area (Å²) in [6, 6.07) is 0. The summed E-state index contributed by atoms with van der Waals surface area (Å²) in [6.45, 7) is 0. The first kappa shape index (κ1) is 8.75. The van der Waals surface area contributed by atoms with Crippen LogP contribution in [-0.4, -0.2) is 11.3 Å². The number of rotatable bonds is 4. The molecule has 0 atom stereocenters. The van der Waals surface area contributed by atoms with E-state index >= 15 is 0 Å². The van der Waals surface area contributed by atoms with E-state index in [9.17, 15) is 0 Å². The molecule has 0 N–H and O–H groups in total. The van der Waals surface area contributed by atoms with Gasteiger partial charge in [-0.1, -0.05) is 44.0 Å². The third-order valence-electron chi connectivity index (χ3n) is 0.267. The predicted molar refractivity (Wildman–Crippen MR) is 50.1 cm³/mol. The highest BCUT2D eigenvalue weighted by Crippen LogP contribution is 2.32. The minimum absolute atomic E-state index is 1.12. The van der Waals surface area contributed by atoms with Gasteiger partial charge in [-0.3, -0.25) is 0 Å². The van der Waals surface area contributed by atoms with Crippen LogP contribution in [0.5, 0.6) is 0 Å². The van der Waals surface area contributed by atoms with Crippen molar-refractivity contribution in [3.63, 3.8) is 0 Å². The zero-order valence-electron chi connectivity index (χ0n) is 3.79. The van der Waals surface area contributed by atoms with Crippen LogP contribution in [0.15, 0.2) is 0 Å². The van der Waals surface area contributed by atoms with E-state index in [1.54, 1.807) is 21.6 Å². The van der Waals surface area contributed by atoms with Crippen LogP contribution in [0.25, 0.3) is 0 Å². The Balaban J connectivity index is 2.45. The van der Waals surface area contributed by atoms with Gasteiger partial charge in [0.1, 0.15) is 0 Å². The molecule has 0 saturated carbocycles. The van der Waals surface area contributed by atoms with Crippen molar-refractivity contribution in [3.05, 3.63) is 0 Å². The summed E-state index contributed by atoms with van der Waals surface area (Å²) in [6.07, 6.45) is 2.08. The summed E-state index contributed by atoms with van der Waals surface area (Å²) in [7, 11) is 6.91. The average Bonchev–Trinajstić information content (AvgIpc) is 1.69. The van der Waals surface area contributed by atoms with Gasteiger partial charge in [0.05, 0.1) is 5.08 Å². The van der Waals surface area contributed by atoms with Crippen molar-refractivity contribution in [1.29, 1.82) is 0 Å². The van der Waals surface area contributed by atoms with Crippen LogP contribution < -0.4 is 0 Å². The summed E-state index contributed by atoms with van der Waals surface area (Å²) in [5, 5.41) is 1.12. The fourth-order valence-electron chi connectivity index (χ4n) is 0.0893. The Labute approximate surface area is 65.0 Å². The Bertz CT molecular complexity index is 25.3. The van der Waals surface area contributed by atoms with Crippen molar-refractivity contribution in [2.75, 3.05) is 11.3 Å². The molecule has 0 aliphatic rings. The monoisotopic (exact) mass is 190 g/mol. The van der Waals surface area contributed by atoms with E-state index in [1.807, 2.05) is 10.8 Å². The summed E-state index contributed by atoms with van der Waals surface area (Å²) in [5.74, 6) is 0. The molecule has 0 unspecified atom stereocenters. The lowest BCUT2D eigenvalue weighted by atomic mass is 11.9. The summed E-state index contributed by atoms with van der Waals surface area (Å²) in [5.41, 5.74) is 0. The highest BCUT2D eigenvalue weighted by atomic mass is 33.5. The van der Waals surface area contributed by atoms with E-state index in [4.69, 9.17) is 0 Å². The number of thiol groups is 1. The van der Waals surface area contributed by atoms with E-state index in [2.05, 4.69) is 17.9 Å². The standard InChI is InChI=1S/C2H6S5/c1-4-5-2-6-7-3/h3H,2H2,1H3. The van der Waals surface area contributed by atoms with Crippen molar-refractivity contribution in [1.82, 2.24) is 0 Å². The van der Waals surface area contributed by atoms with Gasteiger partial charge in [0, 0.05) is 0 Å². The average molecular weight is 190 g/mol. The van der Waals surface area contributed by atoms with Crippen LogP contribution in [0.3, 0.4) is 0 Å². The highest BCUT2D eigenvalue weighted by Gasteiger charge is 1.82. The predicted octanol–water partition coefficient (Wildman–Crippen LogP) is 3.18. The molecule has 0 aliphatic heterocycles. The molecule has 0 saturated heterocycles. The van der Waals surface area contributed by atoms with Gasteiger partial charge in [0.15, 0.2) is 0 Å². The zero-order valence-corrected chi connectivity index (χ0v) is 7.95. The number of hydrogen-bond donors (Lipinski definition) is 1. The van der Waals surface area contributed by atoms with Crippen molar-refractivity contribution >= 4 is 53.9 Å². The minimum atomic E-state index is 1.12. The normalized spacial score (nSPS) is 9.43. The molecule has 0 spiro atoms. The zero-order chi connectivity index (χ0) is 5.54. The van der Waals surface area contributed by atoms with Crippen LogP contribution in [0.4, 0.5) is 0 Å². The smallest absolute Gasteiger partial charge is 0.0608 e. The Morgan fingerprint density at radius 3 is 2.57 bits per heavy atom. The Morgan fingerprint density at radius 2 is 2.14 bits per heavy atom. The number of hydrogen-bond acceptors (Lipinski definition) is 5. The first-order valence-corrected chi connectivity index (χ1v) is 7.60. The van der Waals surface area contributed by atoms with Gasteiger partial charge in [0.25, 0.3) is 0 Å². The third-order valence-corrected chi connectivity index (χ3v) is 5.08. The molecule has 0 radical (unpaired) electrons. The molecular formula is C2H6S5. The third kappa shape index (κ3) is 7.75. The lowest BCUT2D eigenvalue weighted by molar-refractivity contribution is 2.35. The van der Waals surface area contributed by atoms with E-state index in [1.165, 1.54) is 9.83 Å². The maximum absolute atomic E-state index is 3.95. The molecule has 0 bridgehead atoms. The van der Waals surface area contributed by atoms with E-state index in [0.29, 0.717) is 0 Å². The van der Waals surface area contributed by atoms with Crippen LogP contribution in [0, 0.1) is 0 Å². The fraction of sp³-hybridized carbons (Fsp3) is 1.00. The first-order chi connectivity index (χ1) is 3.41. The molecule has 0 amide bonds. The highest BCUT2D eigenvalue weighted by molar-refractivity contribution is 9.06. The van der Waals surface area contributed by atoms with Crippen molar-refractivity contribution < 1.29 is 0 Å². The van der Waals surface area contributed by atoms with Crippen LogP contribution in [0.1, 0.15) is 0 Å². The Hall–Kier alpha value is 1.75. The van der Waals surface area contributed by atoms with E-state index < -0.39 is 0 Å². The van der Waals surface area contributed by atoms with E-state index in [-0.39, 0.29) is 0 Å². The van der Waals surface area contributed by atoms with Gasteiger partial charge in [0.2, 0.25) is 0 Å². The Kier molecular flexibility index (Phi) is 9.69.